The summed E-state index contributed by atoms with van der Waals surface area (Å²) in [6.45, 7) is 0. The minimum absolute atomic E-state index is 0.172. The van der Waals surface area contributed by atoms with E-state index in [2.05, 4.69) is 46.8 Å². The molecular formula is C16H9Br2N3O. The van der Waals surface area contributed by atoms with E-state index in [0.29, 0.717) is 11.4 Å². The molecule has 0 spiro atoms. The van der Waals surface area contributed by atoms with Crippen molar-refractivity contribution in [3.8, 4) is 11.4 Å². The summed E-state index contributed by atoms with van der Waals surface area (Å²) in [7, 11) is 0. The second-order valence-corrected chi connectivity index (χ2v) is 6.74. The average Bonchev–Trinajstić information content (AvgIpc) is 2.91. The van der Waals surface area contributed by atoms with Crippen LogP contribution in [0.5, 0.6) is 0 Å². The Morgan fingerprint density at radius 3 is 2.64 bits per heavy atom. The number of imidazole rings is 1. The van der Waals surface area contributed by atoms with Gasteiger partial charge in [0.05, 0.1) is 22.1 Å². The van der Waals surface area contributed by atoms with Crippen LogP contribution in [0.4, 0.5) is 0 Å². The Morgan fingerprint density at radius 2 is 1.82 bits per heavy atom. The number of aromatic amines is 2. The predicted molar refractivity (Wildman–Crippen MR) is 95.1 cm³/mol. The van der Waals surface area contributed by atoms with Crippen LogP contribution in [-0.2, 0) is 0 Å². The number of halogens is 2. The fraction of sp³-hybridized carbons (Fsp3) is 0. The molecule has 0 aliphatic carbocycles. The van der Waals surface area contributed by atoms with Gasteiger partial charge in [0.15, 0.2) is 0 Å². The van der Waals surface area contributed by atoms with Crippen LogP contribution in [0.3, 0.4) is 0 Å². The molecule has 0 atom stereocenters. The number of para-hydroxylation sites is 2. The van der Waals surface area contributed by atoms with E-state index in [1.807, 2.05) is 42.5 Å². The van der Waals surface area contributed by atoms with Gasteiger partial charge in [-0.1, -0.05) is 28.1 Å². The van der Waals surface area contributed by atoms with E-state index < -0.39 is 0 Å². The summed E-state index contributed by atoms with van der Waals surface area (Å²) < 4.78 is 1.78. The van der Waals surface area contributed by atoms with Crippen LogP contribution < -0.4 is 5.56 Å². The number of H-pyrrole nitrogens is 2. The molecule has 2 aromatic heterocycles. The highest BCUT2D eigenvalue weighted by atomic mass is 79.9. The maximum atomic E-state index is 12.4. The van der Waals surface area contributed by atoms with E-state index in [1.54, 1.807) is 0 Å². The van der Waals surface area contributed by atoms with Gasteiger partial charge in [0.25, 0.3) is 5.56 Å². The Balaban J connectivity index is 2.02. The Bertz CT molecular complexity index is 1050. The maximum Gasteiger partial charge on any atom is 0.259 e. The highest BCUT2D eigenvalue weighted by Crippen LogP contribution is 2.28. The maximum absolute atomic E-state index is 12.4. The van der Waals surface area contributed by atoms with Crippen molar-refractivity contribution in [2.45, 2.75) is 0 Å². The number of aromatic nitrogens is 3. The van der Waals surface area contributed by atoms with Gasteiger partial charge in [0.2, 0.25) is 0 Å². The van der Waals surface area contributed by atoms with E-state index in [1.165, 1.54) is 0 Å². The van der Waals surface area contributed by atoms with Crippen LogP contribution in [0.25, 0.3) is 33.3 Å². The molecule has 108 valence electrons. The molecule has 0 bridgehead atoms. The number of benzene rings is 2. The van der Waals surface area contributed by atoms with Crippen molar-refractivity contribution < 1.29 is 0 Å². The molecule has 2 N–H and O–H groups in total. The number of hydrogen-bond donors (Lipinski definition) is 2. The first-order valence-electron chi connectivity index (χ1n) is 6.59. The van der Waals surface area contributed by atoms with Gasteiger partial charge >= 0.3 is 0 Å². The van der Waals surface area contributed by atoms with Crippen LogP contribution in [0, 0.1) is 0 Å². The van der Waals surface area contributed by atoms with Crippen molar-refractivity contribution in [2.75, 3.05) is 0 Å². The van der Waals surface area contributed by atoms with Gasteiger partial charge in [0.1, 0.15) is 5.82 Å². The normalized spacial score (nSPS) is 11.4. The molecule has 0 unspecified atom stereocenters. The fourth-order valence-electron chi connectivity index (χ4n) is 2.50. The van der Waals surface area contributed by atoms with Crippen LogP contribution in [0.1, 0.15) is 0 Å². The van der Waals surface area contributed by atoms with Gasteiger partial charge in [-0.3, -0.25) is 4.79 Å². The Labute approximate surface area is 141 Å². The number of pyridine rings is 1. The quantitative estimate of drug-likeness (QED) is 0.474. The second kappa shape index (κ2) is 5.07. The minimum Gasteiger partial charge on any atom is -0.338 e. The van der Waals surface area contributed by atoms with E-state index in [4.69, 9.17) is 0 Å². The zero-order valence-electron chi connectivity index (χ0n) is 11.2. The summed E-state index contributed by atoms with van der Waals surface area (Å²) in [5.74, 6) is 0.570. The first-order valence-corrected chi connectivity index (χ1v) is 8.17. The molecule has 0 fully saturated rings. The summed E-state index contributed by atoms with van der Waals surface area (Å²) >= 11 is 6.93. The van der Waals surface area contributed by atoms with Crippen molar-refractivity contribution in [1.29, 1.82) is 0 Å². The van der Waals surface area contributed by atoms with E-state index in [0.717, 1.165) is 30.9 Å². The fourth-order valence-corrected chi connectivity index (χ4v) is 3.85. The monoisotopic (exact) mass is 417 g/mol. The Kier molecular flexibility index (Phi) is 3.16. The number of nitrogens with one attached hydrogen (secondary N) is 2. The number of rotatable bonds is 1. The number of hydrogen-bond acceptors (Lipinski definition) is 2. The largest absolute Gasteiger partial charge is 0.338 e. The molecule has 6 heteroatoms. The summed E-state index contributed by atoms with van der Waals surface area (Å²) in [5.41, 5.74) is 2.87. The lowest BCUT2D eigenvalue weighted by atomic mass is 10.1. The number of nitrogens with zero attached hydrogens (tertiary/aromatic N) is 1. The summed E-state index contributed by atoms with van der Waals surface area (Å²) in [6.07, 6.45) is 0. The molecule has 0 aliphatic rings. The van der Waals surface area contributed by atoms with Crippen molar-refractivity contribution in [3.05, 3.63) is 61.8 Å². The Morgan fingerprint density at radius 1 is 1.00 bits per heavy atom. The molecule has 4 nitrogen and oxygen atoms in total. The highest BCUT2D eigenvalue weighted by molar-refractivity contribution is 9.11. The molecule has 2 aromatic carbocycles. The van der Waals surface area contributed by atoms with Crippen LogP contribution in [0.15, 0.2) is 56.2 Å². The predicted octanol–water partition coefficient (Wildman–Crippen LogP) is 4.60. The van der Waals surface area contributed by atoms with Crippen molar-refractivity contribution in [3.63, 3.8) is 0 Å². The molecule has 4 rings (SSSR count). The van der Waals surface area contributed by atoms with Gasteiger partial charge in [-0.05, 0) is 46.3 Å². The molecule has 0 radical (unpaired) electrons. The topological polar surface area (TPSA) is 61.5 Å². The third-order valence-electron chi connectivity index (χ3n) is 3.51. The van der Waals surface area contributed by atoms with Crippen molar-refractivity contribution >= 4 is 53.8 Å². The van der Waals surface area contributed by atoms with Gasteiger partial charge in [0, 0.05) is 14.3 Å². The third kappa shape index (κ3) is 2.19. The Hall–Kier alpha value is -1.92. The van der Waals surface area contributed by atoms with Gasteiger partial charge in [-0.15, -0.1) is 0 Å². The van der Waals surface area contributed by atoms with Crippen molar-refractivity contribution in [1.82, 2.24) is 15.0 Å². The average molecular weight is 419 g/mol. The molecule has 0 aliphatic heterocycles. The molecule has 0 saturated carbocycles. The third-order valence-corrected chi connectivity index (χ3v) is 4.60. The molecular weight excluding hydrogens is 410 g/mol. The van der Waals surface area contributed by atoms with Gasteiger partial charge in [-0.25, -0.2) is 4.98 Å². The summed E-state index contributed by atoms with van der Waals surface area (Å²) in [5, 5.41) is 0.927. The lowest BCUT2D eigenvalue weighted by Crippen LogP contribution is -2.09. The highest BCUT2D eigenvalue weighted by Gasteiger charge is 2.12. The zero-order chi connectivity index (χ0) is 15.3. The molecule has 0 amide bonds. The first kappa shape index (κ1) is 13.7. The molecule has 0 saturated heterocycles. The lowest BCUT2D eigenvalue weighted by molar-refractivity contribution is 1.25. The standard InChI is InChI=1S/C16H9Br2N3O/c17-9-5-8-6-10(16(22)21-14(8)11(18)7-9)15-19-12-3-1-2-4-13(12)20-15/h1-7H,(H,19,20)(H,21,22). The minimum atomic E-state index is -0.172. The lowest BCUT2D eigenvalue weighted by Gasteiger charge is -2.04. The SMILES string of the molecule is O=c1[nH]c2c(Br)cc(Br)cc2cc1-c1nc2ccccc2[nH]1. The van der Waals surface area contributed by atoms with Gasteiger partial charge in [-0.2, -0.15) is 0 Å². The van der Waals surface area contributed by atoms with Crippen LogP contribution in [-0.4, -0.2) is 15.0 Å². The smallest absolute Gasteiger partial charge is 0.259 e. The molecule has 2 heterocycles. The van der Waals surface area contributed by atoms with Gasteiger partial charge < -0.3 is 9.97 Å². The first-order chi connectivity index (χ1) is 10.6. The molecule has 22 heavy (non-hydrogen) atoms. The zero-order valence-corrected chi connectivity index (χ0v) is 14.3. The second-order valence-electron chi connectivity index (χ2n) is 4.97. The van der Waals surface area contributed by atoms with E-state index >= 15 is 0 Å². The summed E-state index contributed by atoms with van der Waals surface area (Å²) in [6, 6.07) is 13.4. The van der Waals surface area contributed by atoms with Crippen molar-refractivity contribution in [2.24, 2.45) is 0 Å². The summed E-state index contributed by atoms with van der Waals surface area (Å²) in [4.78, 5) is 23.0. The van der Waals surface area contributed by atoms with E-state index in [-0.39, 0.29) is 5.56 Å². The van der Waals surface area contributed by atoms with E-state index in [9.17, 15) is 4.79 Å². The molecule has 4 aromatic rings. The number of fused-ring (bicyclic) bond motifs is 2. The van der Waals surface area contributed by atoms with Crippen LogP contribution >= 0.6 is 31.9 Å². The van der Waals surface area contributed by atoms with Crippen LogP contribution in [0.2, 0.25) is 0 Å².